The van der Waals surface area contributed by atoms with E-state index in [0.717, 1.165) is 17.1 Å². The minimum atomic E-state index is 0.692. The zero-order valence-corrected chi connectivity index (χ0v) is 12.7. The summed E-state index contributed by atoms with van der Waals surface area (Å²) >= 11 is 0. The highest BCUT2D eigenvalue weighted by Crippen LogP contribution is 2.28. The van der Waals surface area contributed by atoms with Gasteiger partial charge < -0.3 is 4.42 Å². The first-order valence-corrected chi connectivity index (χ1v) is 7.45. The molecule has 0 N–H and O–H groups in total. The van der Waals surface area contributed by atoms with Gasteiger partial charge >= 0.3 is 0 Å². The molecule has 4 rings (SSSR count). The van der Waals surface area contributed by atoms with Crippen LogP contribution < -0.4 is 0 Å². The molecule has 0 aliphatic carbocycles. The van der Waals surface area contributed by atoms with Crippen molar-refractivity contribution in [2.45, 2.75) is 6.92 Å². The predicted molar refractivity (Wildman–Crippen MR) is 89.2 cm³/mol. The molecular weight excluding hydrogens is 286 g/mol. The van der Waals surface area contributed by atoms with Crippen LogP contribution in [0.4, 0.5) is 0 Å². The van der Waals surface area contributed by atoms with E-state index in [0.29, 0.717) is 11.6 Å². The van der Waals surface area contributed by atoms with Crippen LogP contribution in [0.25, 0.3) is 28.7 Å². The molecule has 112 valence electrons. The molecule has 2 aromatic carbocycles. The number of aromatic nitrogens is 3. The van der Waals surface area contributed by atoms with Crippen molar-refractivity contribution >= 4 is 0 Å². The van der Waals surface area contributed by atoms with Gasteiger partial charge in [-0.2, -0.15) is 0 Å². The first-order chi connectivity index (χ1) is 11.3. The Hall–Kier alpha value is -3.14. The number of aryl methyl sites for hydroxylation is 1. The lowest BCUT2D eigenvalue weighted by Crippen LogP contribution is -2.00. The monoisotopic (exact) mass is 301 g/mol. The first kappa shape index (κ1) is 13.5. The maximum absolute atomic E-state index is 5.53. The van der Waals surface area contributed by atoms with E-state index in [4.69, 9.17) is 4.42 Å². The van der Waals surface area contributed by atoms with Crippen LogP contribution in [0.5, 0.6) is 0 Å². The SMILES string of the molecule is Cc1ccc(-n2c(-c3ccccc3)nnc2-c2ccco2)cc1. The molecule has 2 heterocycles. The Morgan fingerprint density at radius 1 is 0.783 bits per heavy atom. The van der Waals surface area contributed by atoms with Gasteiger partial charge in [-0.25, -0.2) is 0 Å². The molecule has 0 unspecified atom stereocenters. The van der Waals surface area contributed by atoms with Gasteiger partial charge in [0.2, 0.25) is 5.82 Å². The van der Waals surface area contributed by atoms with Crippen LogP contribution in [-0.4, -0.2) is 14.8 Å². The van der Waals surface area contributed by atoms with E-state index in [1.54, 1.807) is 6.26 Å². The Bertz CT molecular complexity index is 907. The van der Waals surface area contributed by atoms with Crippen LogP contribution in [0.2, 0.25) is 0 Å². The van der Waals surface area contributed by atoms with Crippen LogP contribution >= 0.6 is 0 Å². The summed E-state index contributed by atoms with van der Waals surface area (Å²) in [4.78, 5) is 0. The summed E-state index contributed by atoms with van der Waals surface area (Å²) in [6.45, 7) is 2.07. The van der Waals surface area contributed by atoms with Crippen molar-refractivity contribution in [1.29, 1.82) is 0 Å². The number of benzene rings is 2. The molecule has 0 amide bonds. The minimum Gasteiger partial charge on any atom is -0.461 e. The molecule has 2 aromatic heterocycles. The number of hydrogen-bond donors (Lipinski definition) is 0. The number of nitrogens with zero attached hydrogens (tertiary/aromatic N) is 3. The average Bonchev–Trinajstić information content (AvgIpc) is 3.25. The second-order valence-corrected chi connectivity index (χ2v) is 5.36. The highest BCUT2D eigenvalue weighted by molar-refractivity contribution is 5.64. The lowest BCUT2D eigenvalue weighted by molar-refractivity contribution is 0.575. The van der Waals surface area contributed by atoms with E-state index < -0.39 is 0 Å². The maximum Gasteiger partial charge on any atom is 0.204 e. The molecule has 4 heteroatoms. The van der Waals surface area contributed by atoms with Gasteiger partial charge in [-0.1, -0.05) is 48.0 Å². The van der Waals surface area contributed by atoms with Gasteiger partial charge in [0, 0.05) is 11.3 Å². The smallest absolute Gasteiger partial charge is 0.204 e. The molecule has 0 saturated heterocycles. The Kier molecular flexibility index (Phi) is 3.27. The number of furan rings is 1. The second-order valence-electron chi connectivity index (χ2n) is 5.36. The standard InChI is InChI=1S/C19H15N3O/c1-14-9-11-16(12-10-14)22-18(15-6-3-2-4-7-15)20-21-19(22)17-8-5-13-23-17/h2-13H,1H3. The molecule has 4 aromatic rings. The molecule has 0 aliphatic rings. The number of hydrogen-bond acceptors (Lipinski definition) is 3. The Balaban J connectivity index is 1.96. The third kappa shape index (κ3) is 2.44. The fourth-order valence-corrected chi connectivity index (χ4v) is 2.56. The van der Waals surface area contributed by atoms with E-state index in [2.05, 4.69) is 41.4 Å². The lowest BCUT2D eigenvalue weighted by atomic mass is 10.2. The molecule has 0 aliphatic heterocycles. The van der Waals surface area contributed by atoms with Gasteiger partial charge in [-0.15, -0.1) is 10.2 Å². The van der Waals surface area contributed by atoms with E-state index in [1.807, 2.05) is 47.0 Å². The highest BCUT2D eigenvalue weighted by atomic mass is 16.3. The predicted octanol–water partition coefficient (Wildman–Crippen LogP) is 4.50. The number of rotatable bonds is 3. The molecule has 0 saturated carbocycles. The topological polar surface area (TPSA) is 43.9 Å². The average molecular weight is 301 g/mol. The van der Waals surface area contributed by atoms with E-state index in [1.165, 1.54) is 5.56 Å². The maximum atomic E-state index is 5.53. The van der Waals surface area contributed by atoms with Gasteiger partial charge in [-0.3, -0.25) is 4.57 Å². The molecule has 23 heavy (non-hydrogen) atoms. The summed E-state index contributed by atoms with van der Waals surface area (Å²) in [5.74, 6) is 2.18. The molecular formula is C19H15N3O. The van der Waals surface area contributed by atoms with Gasteiger partial charge in [0.05, 0.1) is 6.26 Å². The summed E-state index contributed by atoms with van der Waals surface area (Å²) in [6.07, 6.45) is 1.64. The van der Waals surface area contributed by atoms with Crippen LogP contribution in [0.1, 0.15) is 5.56 Å². The lowest BCUT2D eigenvalue weighted by Gasteiger charge is -2.10. The Morgan fingerprint density at radius 2 is 1.52 bits per heavy atom. The van der Waals surface area contributed by atoms with Gasteiger partial charge in [0.1, 0.15) is 0 Å². The van der Waals surface area contributed by atoms with Crippen LogP contribution in [0, 0.1) is 6.92 Å². The quantitative estimate of drug-likeness (QED) is 0.559. The summed E-state index contributed by atoms with van der Waals surface area (Å²) in [6, 6.07) is 22.1. The largest absolute Gasteiger partial charge is 0.461 e. The summed E-state index contributed by atoms with van der Waals surface area (Å²) < 4.78 is 7.55. The van der Waals surface area contributed by atoms with E-state index >= 15 is 0 Å². The fourth-order valence-electron chi connectivity index (χ4n) is 2.56. The van der Waals surface area contributed by atoms with Gasteiger partial charge in [0.15, 0.2) is 11.6 Å². The van der Waals surface area contributed by atoms with E-state index in [9.17, 15) is 0 Å². The van der Waals surface area contributed by atoms with E-state index in [-0.39, 0.29) is 0 Å². The summed E-state index contributed by atoms with van der Waals surface area (Å²) in [5.41, 5.74) is 3.23. The summed E-state index contributed by atoms with van der Waals surface area (Å²) in [7, 11) is 0. The van der Waals surface area contributed by atoms with Crippen LogP contribution in [0.15, 0.2) is 77.4 Å². The third-order valence-corrected chi connectivity index (χ3v) is 3.73. The second kappa shape index (κ2) is 5.57. The van der Waals surface area contributed by atoms with Crippen molar-refractivity contribution in [2.24, 2.45) is 0 Å². The van der Waals surface area contributed by atoms with Crippen molar-refractivity contribution < 1.29 is 4.42 Å². The first-order valence-electron chi connectivity index (χ1n) is 7.45. The van der Waals surface area contributed by atoms with Crippen molar-refractivity contribution in [2.75, 3.05) is 0 Å². The Labute approximate surface area is 134 Å². The molecule has 0 radical (unpaired) electrons. The molecule has 4 nitrogen and oxygen atoms in total. The molecule has 0 atom stereocenters. The Morgan fingerprint density at radius 3 is 2.22 bits per heavy atom. The minimum absolute atomic E-state index is 0.692. The zero-order valence-electron chi connectivity index (χ0n) is 12.7. The zero-order chi connectivity index (χ0) is 15.6. The van der Waals surface area contributed by atoms with Gasteiger partial charge in [-0.05, 0) is 31.2 Å². The van der Waals surface area contributed by atoms with Crippen molar-refractivity contribution in [3.63, 3.8) is 0 Å². The molecule has 0 fully saturated rings. The van der Waals surface area contributed by atoms with Crippen LogP contribution in [0.3, 0.4) is 0 Å². The molecule has 0 spiro atoms. The van der Waals surface area contributed by atoms with Gasteiger partial charge in [0.25, 0.3) is 0 Å². The highest BCUT2D eigenvalue weighted by Gasteiger charge is 2.18. The van der Waals surface area contributed by atoms with Crippen molar-refractivity contribution in [1.82, 2.24) is 14.8 Å². The van der Waals surface area contributed by atoms with Crippen molar-refractivity contribution in [3.8, 4) is 28.7 Å². The third-order valence-electron chi connectivity index (χ3n) is 3.73. The normalized spacial score (nSPS) is 10.8. The van der Waals surface area contributed by atoms with Crippen LogP contribution in [-0.2, 0) is 0 Å². The van der Waals surface area contributed by atoms with Crippen molar-refractivity contribution in [3.05, 3.63) is 78.6 Å². The molecule has 0 bridgehead atoms. The fraction of sp³-hybridized carbons (Fsp3) is 0.0526. The summed E-state index contributed by atoms with van der Waals surface area (Å²) in [5, 5.41) is 8.75.